The second kappa shape index (κ2) is 7.34. The summed E-state index contributed by atoms with van der Waals surface area (Å²) < 4.78 is 40.5. The Balaban J connectivity index is 1.70. The van der Waals surface area contributed by atoms with Crippen LogP contribution in [-0.2, 0) is 16.4 Å². The number of amides is 1. The van der Waals surface area contributed by atoms with Crippen molar-refractivity contribution in [2.75, 3.05) is 5.32 Å². The SMILES string of the molecule is Cc1cccc(-c2cc(NC(=O)C3(c4ccc(O)c(O)c4)CC3)cc(C(F)(F)F)c2)c1. The van der Waals surface area contributed by atoms with Gasteiger partial charge in [0.15, 0.2) is 11.5 Å². The minimum absolute atomic E-state index is 0.0469. The molecule has 0 heterocycles. The summed E-state index contributed by atoms with van der Waals surface area (Å²) in [6.07, 6.45) is -3.58. The van der Waals surface area contributed by atoms with Gasteiger partial charge in [-0.25, -0.2) is 0 Å². The molecule has 3 aromatic rings. The molecule has 7 heteroatoms. The molecule has 1 fully saturated rings. The van der Waals surface area contributed by atoms with Crippen molar-refractivity contribution in [3.63, 3.8) is 0 Å². The first-order valence-corrected chi connectivity index (χ1v) is 9.72. The van der Waals surface area contributed by atoms with Gasteiger partial charge in [-0.3, -0.25) is 4.79 Å². The third-order valence-electron chi connectivity index (χ3n) is 5.58. The molecule has 0 spiro atoms. The van der Waals surface area contributed by atoms with Gasteiger partial charge in [0.2, 0.25) is 5.91 Å². The van der Waals surface area contributed by atoms with Gasteiger partial charge in [0, 0.05) is 5.69 Å². The molecule has 1 saturated carbocycles. The monoisotopic (exact) mass is 427 g/mol. The average Bonchev–Trinajstić information content (AvgIpc) is 3.51. The van der Waals surface area contributed by atoms with E-state index >= 15 is 0 Å². The number of carbonyl (C=O) groups is 1. The van der Waals surface area contributed by atoms with Crippen LogP contribution in [0, 0.1) is 6.92 Å². The summed E-state index contributed by atoms with van der Waals surface area (Å²) in [5.74, 6) is -1.11. The highest BCUT2D eigenvalue weighted by Crippen LogP contribution is 2.50. The summed E-state index contributed by atoms with van der Waals surface area (Å²) in [6.45, 7) is 1.85. The van der Waals surface area contributed by atoms with E-state index in [0.717, 1.165) is 17.7 Å². The summed E-state index contributed by atoms with van der Waals surface area (Å²) in [5.41, 5.74) is 0.630. The van der Waals surface area contributed by atoms with Crippen LogP contribution in [0.15, 0.2) is 60.7 Å². The normalized spacial score (nSPS) is 14.8. The molecule has 0 aliphatic heterocycles. The van der Waals surface area contributed by atoms with Crippen molar-refractivity contribution in [3.05, 3.63) is 77.4 Å². The molecule has 160 valence electrons. The van der Waals surface area contributed by atoms with Crippen LogP contribution < -0.4 is 5.32 Å². The zero-order valence-electron chi connectivity index (χ0n) is 16.6. The topological polar surface area (TPSA) is 69.6 Å². The van der Waals surface area contributed by atoms with E-state index in [0.29, 0.717) is 29.5 Å². The lowest BCUT2D eigenvalue weighted by Crippen LogP contribution is -2.28. The zero-order valence-corrected chi connectivity index (χ0v) is 16.6. The summed E-state index contributed by atoms with van der Waals surface area (Å²) in [5, 5.41) is 21.9. The van der Waals surface area contributed by atoms with E-state index < -0.39 is 23.1 Å². The third-order valence-corrected chi connectivity index (χ3v) is 5.58. The second-order valence-corrected chi connectivity index (χ2v) is 7.91. The van der Waals surface area contributed by atoms with Crippen molar-refractivity contribution < 1.29 is 28.2 Å². The zero-order chi connectivity index (χ0) is 22.4. The minimum Gasteiger partial charge on any atom is -0.504 e. The number of benzene rings is 3. The number of phenols is 2. The number of hydrogen-bond donors (Lipinski definition) is 3. The Bertz CT molecular complexity index is 1170. The van der Waals surface area contributed by atoms with Crippen LogP contribution in [0.2, 0.25) is 0 Å². The molecular formula is C24H20F3NO3. The van der Waals surface area contributed by atoms with Crippen molar-refractivity contribution in [1.29, 1.82) is 0 Å². The maximum atomic E-state index is 13.5. The molecule has 0 aromatic heterocycles. The lowest BCUT2D eigenvalue weighted by atomic mass is 9.94. The molecule has 1 aliphatic carbocycles. The van der Waals surface area contributed by atoms with Crippen molar-refractivity contribution in [3.8, 4) is 22.6 Å². The Morgan fingerprint density at radius 1 is 0.935 bits per heavy atom. The maximum absolute atomic E-state index is 13.5. The molecule has 4 rings (SSSR count). The van der Waals surface area contributed by atoms with Gasteiger partial charge in [-0.15, -0.1) is 0 Å². The molecule has 3 aromatic carbocycles. The molecule has 0 bridgehead atoms. The van der Waals surface area contributed by atoms with Crippen LogP contribution in [0.3, 0.4) is 0 Å². The molecule has 4 nitrogen and oxygen atoms in total. The smallest absolute Gasteiger partial charge is 0.416 e. The lowest BCUT2D eigenvalue weighted by molar-refractivity contribution is -0.137. The highest BCUT2D eigenvalue weighted by Gasteiger charge is 2.51. The van der Waals surface area contributed by atoms with Crippen LogP contribution in [0.5, 0.6) is 11.5 Å². The number of carbonyl (C=O) groups excluding carboxylic acids is 1. The van der Waals surface area contributed by atoms with Crippen LogP contribution in [-0.4, -0.2) is 16.1 Å². The van der Waals surface area contributed by atoms with E-state index in [1.54, 1.807) is 18.2 Å². The van der Waals surface area contributed by atoms with Gasteiger partial charge in [-0.1, -0.05) is 35.9 Å². The number of aryl methyl sites for hydroxylation is 1. The Labute approximate surface area is 177 Å². The second-order valence-electron chi connectivity index (χ2n) is 7.91. The van der Waals surface area contributed by atoms with Gasteiger partial charge in [0.1, 0.15) is 0 Å². The van der Waals surface area contributed by atoms with Gasteiger partial charge < -0.3 is 15.5 Å². The summed E-state index contributed by atoms with van der Waals surface area (Å²) in [7, 11) is 0. The summed E-state index contributed by atoms with van der Waals surface area (Å²) in [4.78, 5) is 13.0. The first-order valence-electron chi connectivity index (χ1n) is 9.72. The summed E-state index contributed by atoms with van der Waals surface area (Å²) in [6, 6.07) is 14.8. The van der Waals surface area contributed by atoms with Gasteiger partial charge in [0.25, 0.3) is 0 Å². The molecule has 0 saturated heterocycles. The molecular weight excluding hydrogens is 407 g/mol. The molecule has 0 radical (unpaired) electrons. The standard InChI is InChI=1S/C24H20F3NO3/c1-14-3-2-4-15(9-14)16-10-18(24(25,26)27)12-19(11-16)28-22(31)23(7-8-23)17-5-6-20(29)21(30)13-17/h2-6,9-13,29-30H,7-8H2,1H3,(H,28,31). The fraction of sp³-hybridized carbons (Fsp3) is 0.208. The van der Waals surface area contributed by atoms with E-state index in [2.05, 4.69) is 5.32 Å². The molecule has 1 amide bonds. The lowest BCUT2D eigenvalue weighted by Gasteiger charge is -2.18. The van der Waals surface area contributed by atoms with E-state index in [-0.39, 0.29) is 17.2 Å². The largest absolute Gasteiger partial charge is 0.504 e. The number of halogens is 3. The number of aromatic hydroxyl groups is 2. The molecule has 0 unspecified atom stereocenters. The summed E-state index contributed by atoms with van der Waals surface area (Å²) >= 11 is 0. The van der Waals surface area contributed by atoms with Crippen LogP contribution >= 0.6 is 0 Å². The molecule has 0 atom stereocenters. The van der Waals surface area contributed by atoms with Crippen molar-refractivity contribution in [1.82, 2.24) is 0 Å². The van der Waals surface area contributed by atoms with Crippen LogP contribution in [0.1, 0.15) is 29.5 Å². The average molecular weight is 427 g/mol. The predicted molar refractivity (Wildman–Crippen MR) is 111 cm³/mol. The van der Waals surface area contributed by atoms with Gasteiger partial charge in [0.05, 0.1) is 11.0 Å². The molecule has 1 aliphatic rings. The van der Waals surface area contributed by atoms with E-state index in [1.165, 1.54) is 24.3 Å². The van der Waals surface area contributed by atoms with Crippen molar-refractivity contribution in [2.45, 2.75) is 31.4 Å². The first-order chi connectivity index (χ1) is 14.6. The van der Waals surface area contributed by atoms with Crippen LogP contribution in [0.4, 0.5) is 18.9 Å². The molecule has 3 N–H and O–H groups in total. The van der Waals surface area contributed by atoms with E-state index in [4.69, 9.17) is 0 Å². The first kappa shape index (κ1) is 20.8. The number of rotatable bonds is 4. The van der Waals surface area contributed by atoms with E-state index in [9.17, 15) is 28.2 Å². The third kappa shape index (κ3) is 4.08. The Kier molecular flexibility index (Phi) is 4.92. The number of phenolic OH excluding ortho intramolecular Hbond substituents is 2. The van der Waals surface area contributed by atoms with Gasteiger partial charge >= 0.3 is 6.18 Å². The predicted octanol–water partition coefficient (Wildman–Crippen LogP) is 5.76. The number of anilines is 1. The Hall–Kier alpha value is -3.48. The van der Waals surface area contributed by atoms with E-state index in [1.807, 2.05) is 13.0 Å². The highest BCUT2D eigenvalue weighted by atomic mass is 19.4. The van der Waals surface area contributed by atoms with Gasteiger partial charge in [-0.05, 0) is 66.8 Å². The Morgan fingerprint density at radius 3 is 2.29 bits per heavy atom. The fourth-order valence-corrected chi connectivity index (χ4v) is 3.70. The fourth-order valence-electron chi connectivity index (χ4n) is 3.70. The number of hydrogen-bond acceptors (Lipinski definition) is 3. The minimum atomic E-state index is -4.57. The highest BCUT2D eigenvalue weighted by molar-refractivity contribution is 6.02. The molecule has 31 heavy (non-hydrogen) atoms. The maximum Gasteiger partial charge on any atom is 0.416 e. The van der Waals surface area contributed by atoms with Crippen molar-refractivity contribution >= 4 is 11.6 Å². The van der Waals surface area contributed by atoms with Gasteiger partial charge in [-0.2, -0.15) is 13.2 Å². The van der Waals surface area contributed by atoms with Crippen molar-refractivity contribution in [2.24, 2.45) is 0 Å². The number of nitrogens with one attached hydrogen (secondary N) is 1. The number of alkyl halides is 3. The Morgan fingerprint density at radius 2 is 1.68 bits per heavy atom. The van der Waals surface area contributed by atoms with Crippen LogP contribution in [0.25, 0.3) is 11.1 Å². The quantitative estimate of drug-likeness (QED) is 0.464.